The first-order chi connectivity index (χ1) is 14.7. The minimum atomic E-state index is -4.40. The Kier molecular flexibility index (Phi) is 7.16. The molecule has 0 amide bonds. The Bertz CT molecular complexity index is 855. The predicted molar refractivity (Wildman–Crippen MR) is 122 cm³/mol. The van der Waals surface area contributed by atoms with Gasteiger partial charge in [-0.25, -0.2) is 0 Å². The molecule has 1 saturated heterocycles. The summed E-state index contributed by atoms with van der Waals surface area (Å²) in [6, 6.07) is 0. The third kappa shape index (κ3) is 4.76. The van der Waals surface area contributed by atoms with Crippen LogP contribution < -0.4 is 10.6 Å². The molecule has 3 rings (SSSR count). The summed E-state index contributed by atoms with van der Waals surface area (Å²) in [4.78, 5) is 11.9. The van der Waals surface area contributed by atoms with Gasteiger partial charge in [0.2, 0.25) is 0 Å². The Morgan fingerprint density at radius 2 is 1.88 bits per heavy atom. The van der Waals surface area contributed by atoms with Crippen LogP contribution in [0.15, 0.2) is 23.5 Å². The largest absolute Gasteiger partial charge is 0.388 e. The lowest BCUT2D eigenvalue weighted by atomic mass is 9.88. The quantitative estimate of drug-likeness (QED) is 0.215. The summed E-state index contributed by atoms with van der Waals surface area (Å²) < 4.78 is 24.3. The zero-order valence-corrected chi connectivity index (χ0v) is 20.7. The van der Waals surface area contributed by atoms with Gasteiger partial charge in [-0.05, 0) is 51.9 Å². The molecule has 0 aromatic heterocycles. The number of aliphatic hydroxyl groups is 3. The van der Waals surface area contributed by atoms with E-state index in [0.29, 0.717) is 18.0 Å². The Labute approximate surface area is 193 Å². The number of rotatable bonds is 8. The van der Waals surface area contributed by atoms with Gasteiger partial charge in [0.05, 0.1) is 11.7 Å². The van der Waals surface area contributed by atoms with Crippen molar-refractivity contribution >= 4 is 24.9 Å². The first-order valence-electron chi connectivity index (χ1n) is 10.8. The molecule has 0 spiro atoms. The summed E-state index contributed by atoms with van der Waals surface area (Å²) in [5.74, 6) is 0. The van der Waals surface area contributed by atoms with Crippen molar-refractivity contribution < 1.29 is 34.0 Å². The summed E-state index contributed by atoms with van der Waals surface area (Å²) in [6.45, 7) is 7.93. The van der Waals surface area contributed by atoms with E-state index < -0.39 is 43.1 Å². The normalized spacial score (nSPS) is 32.6. The second-order valence-corrected chi connectivity index (χ2v) is 11.8. The number of aliphatic hydroxyl groups excluding tert-OH is 2. The number of thiocarbonyl (C=S) groups is 1. The number of nitrogens with one attached hydrogen (secondary N) is 2. The highest BCUT2D eigenvalue weighted by atomic mass is 32.1. The zero-order chi connectivity index (χ0) is 24.1. The minimum absolute atomic E-state index is 0.0448. The molecule has 6 atom stereocenters. The molecule has 182 valence electrons. The fourth-order valence-corrected chi connectivity index (χ4v) is 5.45. The third-order valence-corrected chi connectivity index (χ3v) is 8.71. The Morgan fingerprint density at radius 3 is 2.44 bits per heavy atom. The van der Waals surface area contributed by atoms with Crippen molar-refractivity contribution in [2.75, 3.05) is 0 Å². The average Bonchev–Trinajstić information content (AvgIpc) is 3.18. The van der Waals surface area contributed by atoms with Crippen LogP contribution in [-0.4, -0.2) is 71.9 Å². The first kappa shape index (κ1) is 25.6. The number of allylic oxidation sites excluding steroid dienone is 1. The molecular weight excluding hydrogens is 457 g/mol. The van der Waals surface area contributed by atoms with Crippen molar-refractivity contribution in [2.45, 2.75) is 95.5 Å². The molecule has 0 radical (unpaired) electrons. The lowest BCUT2D eigenvalue weighted by molar-refractivity contribution is -0.0791. The maximum Gasteiger partial charge on any atom is 0.359 e. The number of hydrogen-bond acceptors (Lipinski definition) is 8. The van der Waals surface area contributed by atoms with Gasteiger partial charge >= 0.3 is 7.60 Å². The second kappa shape index (κ2) is 8.96. The van der Waals surface area contributed by atoms with Crippen LogP contribution in [-0.2, 0) is 13.8 Å². The van der Waals surface area contributed by atoms with Crippen molar-refractivity contribution in [1.82, 2.24) is 15.5 Å². The van der Waals surface area contributed by atoms with E-state index >= 15 is 0 Å². The van der Waals surface area contributed by atoms with Crippen LogP contribution in [0, 0.1) is 0 Å². The van der Waals surface area contributed by atoms with Crippen molar-refractivity contribution in [1.29, 1.82) is 0 Å². The van der Waals surface area contributed by atoms with Gasteiger partial charge in [-0.15, -0.1) is 0 Å². The molecule has 1 fully saturated rings. The average molecular weight is 492 g/mol. The molecule has 3 aliphatic rings. The highest BCUT2D eigenvalue weighted by Crippen LogP contribution is 2.58. The van der Waals surface area contributed by atoms with E-state index in [4.69, 9.17) is 21.5 Å². The minimum Gasteiger partial charge on any atom is -0.388 e. The molecule has 3 aliphatic heterocycles. The Morgan fingerprint density at radius 1 is 1.25 bits per heavy atom. The number of hydrogen-bond donors (Lipinski definition) is 6. The smallest absolute Gasteiger partial charge is 0.359 e. The van der Waals surface area contributed by atoms with Crippen LogP contribution in [0.2, 0.25) is 0 Å². The summed E-state index contributed by atoms with van der Waals surface area (Å²) in [7, 11) is -4.40. The highest BCUT2D eigenvalue weighted by Gasteiger charge is 2.52. The van der Waals surface area contributed by atoms with E-state index in [1.54, 1.807) is 24.9 Å². The van der Waals surface area contributed by atoms with E-state index in [2.05, 4.69) is 10.6 Å². The SMILES string of the molecule is CCC(CC)(CC1OC(N2C=C3C=C(C)NC3NC2=S)C(O)C1O)OP(=O)(O)C(C)(C)O. The molecule has 3 heterocycles. The van der Waals surface area contributed by atoms with E-state index in [-0.39, 0.29) is 12.6 Å². The van der Waals surface area contributed by atoms with Crippen LogP contribution in [0.3, 0.4) is 0 Å². The van der Waals surface area contributed by atoms with Gasteiger partial charge in [0.15, 0.2) is 16.7 Å². The fraction of sp³-hybridized carbons (Fsp3) is 0.750. The van der Waals surface area contributed by atoms with Gasteiger partial charge in [-0.2, -0.15) is 0 Å². The number of ether oxygens (including phenoxy) is 1. The van der Waals surface area contributed by atoms with Crippen molar-refractivity contribution in [2.24, 2.45) is 0 Å². The summed E-state index contributed by atoms with van der Waals surface area (Å²) in [5, 5.41) is 36.3. The van der Waals surface area contributed by atoms with Gasteiger partial charge in [-0.3, -0.25) is 14.0 Å². The molecule has 0 saturated carbocycles. The van der Waals surface area contributed by atoms with Gasteiger partial charge in [0.25, 0.3) is 0 Å². The lowest BCUT2D eigenvalue weighted by Gasteiger charge is -2.39. The van der Waals surface area contributed by atoms with E-state index in [9.17, 15) is 24.8 Å². The number of fused-ring (bicyclic) bond motifs is 1. The second-order valence-electron chi connectivity index (χ2n) is 9.14. The summed E-state index contributed by atoms with van der Waals surface area (Å²) in [5.41, 5.74) is 0.734. The third-order valence-electron chi connectivity index (χ3n) is 6.36. The molecule has 0 bridgehead atoms. The van der Waals surface area contributed by atoms with Gasteiger partial charge in [0.1, 0.15) is 18.4 Å². The Hall–Kier alpha value is -1.04. The van der Waals surface area contributed by atoms with Crippen LogP contribution in [0.1, 0.15) is 53.9 Å². The molecule has 10 nitrogen and oxygen atoms in total. The molecule has 6 N–H and O–H groups in total. The molecule has 0 aliphatic carbocycles. The Balaban J connectivity index is 1.81. The van der Waals surface area contributed by atoms with Crippen molar-refractivity contribution in [3.8, 4) is 0 Å². The summed E-state index contributed by atoms with van der Waals surface area (Å²) in [6.07, 6.45) is -0.0733. The lowest BCUT2D eigenvalue weighted by Crippen LogP contribution is -2.56. The number of nitrogens with zero attached hydrogens (tertiary/aromatic N) is 1. The van der Waals surface area contributed by atoms with Crippen LogP contribution >= 0.6 is 19.8 Å². The standard InChI is InChI=1S/C20H34N3O7PS/c1-6-20(7-2,30-31(27,28)19(4,5)26)9-13-14(24)15(25)17(29-13)23-10-12-8-11(3)21-16(12)22-18(23)32/h8,10,13-17,21,24-26H,6-7,9H2,1-5H3,(H,22,32)(H,27,28). The van der Waals surface area contributed by atoms with Crippen LogP contribution in [0.25, 0.3) is 0 Å². The van der Waals surface area contributed by atoms with Gasteiger partial charge in [0, 0.05) is 23.9 Å². The fourth-order valence-electron chi connectivity index (χ4n) is 4.10. The van der Waals surface area contributed by atoms with Crippen LogP contribution in [0.5, 0.6) is 0 Å². The maximum atomic E-state index is 12.7. The van der Waals surface area contributed by atoms with Gasteiger partial charge < -0.3 is 35.6 Å². The van der Waals surface area contributed by atoms with Crippen molar-refractivity contribution in [3.63, 3.8) is 0 Å². The molecule has 6 unspecified atom stereocenters. The molecule has 0 aromatic carbocycles. The molecular formula is C20H34N3O7PS. The van der Waals surface area contributed by atoms with E-state index in [0.717, 1.165) is 11.3 Å². The maximum absolute atomic E-state index is 12.7. The van der Waals surface area contributed by atoms with Crippen LogP contribution in [0.4, 0.5) is 0 Å². The first-order valence-corrected chi connectivity index (χ1v) is 12.7. The van der Waals surface area contributed by atoms with E-state index in [1.807, 2.05) is 13.0 Å². The molecule has 12 heteroatoms. The predicted octanol–water partition coefficient (Wildman–Crippen LogP) is 1.22. The molecule has 32 heavy (non-hydrogen) atoms. The topological polar surface area (TPSA) is 144 Å². The molecule has 0 aromatic rings. The van der Waals surface area contributed by atoms with E-state index in [1.165, 1.54) is 13.8 Å². The van der Waals surface area contributed by atoms with Gasteiger partial charge in [-0.1, -0.05) is 13.8 Å². The highest BCUT2D eigenvalue weighted by molar-refractivity contribution is 7.80. The van der Waals surface area contributed by atoms with Crippen molar-refractivity contribution in [3.05, 3.63) is 23.5 Å². The monoisotopic (exact) mass is 491 g/mol. The summed E-state index contributed by atoms with van der Waals surface area (Å²) >= 11 is 5.44. The zero-order valence-electron chi connectivity index (χ0n) is 19.0.